The molecule has 1 aliphatic rings. The Hall–Kier alpha value is -0.720. The van der Waals surface area contributed by atoms with E-state index in [1.54, 1.807) is 25.3 Å². The average Bonchev–Trinajstić information content (AvgIpc) is 2.46. The summed E-state index contributed by atoms with van der Waals surface area (Å²) in [7, 11) is 1.56. The lowest BCUT2D eigenvalue weighted by Crippen LogP contribution is -2.36. The van der Waals surface area contributed by atoms with Crippen molar-refractivity contribution < 1.29 is 9.53 Å². The number of carbonyl (C=O) groups is 1. The number of carbonyl (C=O) groups excluding carboxylic acids is 1. The summed E-state index contributed by atoms with van der Waals surface area (Å²) in [6, 6.07) is 4.89. The van der Waals surface area contributed by atoms with Gasteiger partial charge in [0, 0.05) is 34.1 Å². The Morgan fingerprint density at radius 3 is 3.05 bits per heavy atom. The summed E-state index contributed by atoms with van der Waals surface area (Å²) in [5.41, 5.74) is 0.572. The fourth-order valence-corrected chi connectivity index (χ4v) is 4.59. The van der Waals surface area contributed by atoms with E-state index in [-0.39, 0.29) is 6.03 Å². The maximum absolute atomic E-state index is 11.9. The largest absolute Gasteiger partial charge is 0.495 e. The topological polar surface area (TPSA) is 50.4 Å². The van der Waals surface area contributed by atoms with Crippen molar-refractivity contribution in [3.63, 3.8) is 0 Å². The Balaban J connectivity index is 1.86. The van der Waals surface area contributed by atoms with Crippen molar-refractivity contribution in [3.8, 4) is 5.75 Å². The van der Waals surface area contributed by atoms with E-state index in [1.165, 1.54) is 5.75 Å². The molecule has 1 aromatic rings. The van der Waals surface area contributed by atoms with Gasteiger partial charge in [-0.05, 0) is 18.2 Å². The molecule has 1 heterocycles. The van der Waals surface area contributed by atoms with Gasteiger partial charge >= 0.3 is 6.03 Å². The van der Waals surface area contributed by atoms with Crippen LogP contribution in [0.5, 0.6) is 5.75 Å². The van der Waals surface area contributed by atoms with Crippen LogP contribution in [0.15, 0.2) is 18.2 Å². The van der Waals surface area contributed by atoms with Gasteiger partial charge in [0.15, 0.2) is 0 Å². The van der Waals surface area contributed by atoms with Gasteiger partial charge in [-0.3, -0.25) is 0 Å². The third-order valence-electron chi connectivity index (χ3n) is 2.78. The van der Waals surface area contributed by atoms with Crippen molar-refractivity contribution in [1.29, 1.82) is 0 Å². The number of benzene rings is 1. The third-order valence-corrected chi connectivity index (χ3v) is 5.86. The van der Waals surface area contributed by atoms with Crippen molar-refractivity contribution in [2.24, 2.45) is 0 Å². The van der Waals surface area contributed by atoms with E-state index in [4.69, 9.17) is 16.3 Å². The molecule has 1 saturated heterocycles. The zero-order valence-electron chi connectivity index (χ0n) is 11.1. The van der Waals surface area contributed by atoms with Crippen molar-refractivity contribution in [2.45, 2.75) is 5.25 Å². The van der Waals surface area contributed by atoms with E-state index < -0.39 is 0 Å². The number of halogens is 1. The van der Waals surface area contributed by atoms with Crippen molar-refractivity contribution in [1.82, 2.24) is 5.32 Å². The predicted molar refractivity (Wildman–Crippen MR) is 88.6 cm³/mol. The van der Waals surface area contributed by atoms with E-state index in [0.717, 1.165) is 11.5 Å². The first-order valence-electron chi connectivity index (χ1n) is 6.27. The SMILES string of the molecule is COc1ccc(Cl)cc1NC(=O)NC[C@H]1CSCCS1. The third kappa shape index (κ3) is 4.68. The molecular weight excluding hydrogens is 316 g/mol. The molecule has 2 amide bonds. The summed E-state index contributed by atoms with van der Waals surface area (Å²) in [5, 5.41) is 6.70. The second kappa shape index (κ2) is 7.90. The van der Waals surface area contributed by atoms with Crippen molar-refractivity contribution in [3.05, 3.63) is 23.2 Å². The highest BCUT2D eigenvalue weighted by molar-refractivity contribution is 8.06. The smallest absolute Gasteiger partial charge is 0.319 e. The molecule has 1 fully saturated rings. The Labute approximate surface area is 132 Å². The second-order valence-corrected chi connectivity index (χ2v) is 7.24. The molecule has 0 bridgehead atoms. The average molecular weight is 333 g/mol. The van der Waals surface area contributed by atoms with Crippen LogP contribution in [-0.2, 0) is 0 Å². The minimum Gasteiger partial charge on any atom is -0.495 e. The first kappa shape index (κ1) is 15.7. The fraction of sp³-hybridized carbons (Fsp3) is 0.462. The Morgan fingerprint density at radius 2 is 2.35 bits per heavy atom. The molecule has 0 radical (unpaired) electrons. The summed E-state index contributed by atoms with van der Waals surface area (Å²) in [6.45, 7) is 0.673. The lowest BCUT2D eigenvalue weighted by molar-refractivity contribution is 0.252. The van der Waals surface area contributed by atoms with Crippen molar-refractivity contribution in [2.75, 3.05) is 36.2 Å². The molecule has 1 atom stereocenters. The monoisotopic (exact) mass is 332 g/mol. The normalized spacial score (nSPS) is 18.4. The highest BCUT2D eigenvalue weighted by atomic mass is 35.5. The predicted octanol–water partition coefficient (Wildman–Crippen LogP) is 3.32. The van der Waals surface area contributed by atoms with E-state index >= 15 is 0 Å². The van der Waals surface area contributed by atoms with E-state index in [2.05, 4.69) is 10.6 Å². The van der Waals surface area contributed by atoms with Gasteiger partial charge in [0.2, 0.25) is 0 Å². The maximum Gasteiger partial charge on any atom is 0.319 e. The van der Waals surface area contributed by atoms with Crippen LogP contribution >= 0.6 is 35.1 Å². The van der Waals surface area contributed by atoms with Crippen LogP contribution in [-0.4, -0.2) is 42.2 Å². The molecule has 2 rings (SSSR count). The van der Waals surface area contributed by atoms with Crippen LogP contribution in [0, 0.1) is 0 Å². The zero-order chi connectivity index (χ0) is 14.4. The molecule has 1 aromatic carbocycles. The second-order valence-electron chi connectivity index (χ2n) is 4.25. The molecule has 0 unspecified atom stereocenters. The first-order valence-corrected chi connectivity index (χ1v) is 8.85. The zero-order valence-corrected chi connectivity index (χ0v) is 13.5. The lowest BCUT2D eigenvalue weighted by atomic mass is 10.3. The number of hydrogen-bond acceptors (Lipinski definition) is 4. The Kier molecular flexibility index (Phi) is 6.19. The summed E-state index contributed by atoms with van der Waals surface area (Å²) in [5.74, 6) is 4.03. The van der Waals surface area contributed by atoms with E-state index in [9.17, 15) is 4.79 Å². The number of rotatable bonds is 4. The molecule has 20 heavy (non-hydrogen) atoms. The molecular formula is C13H17ClN2O2S2. The van der Waals surface area contributed by atoms with Gasteiger partial charge in [0.1, 0.15) is 5.75 Å². The summed E-state index contributed by atoms with van der Waals surface area (Å²) in [6.07, 6.45) is 0. The van der Waals surface area contributed by atoms with Crippen LogP contribution < -0.4 is 15.4 Å². The molecule has 0 aromatic heterocycles. The highest BCUT2D eigenvalue weighted by Crippen LogP contribution is 2.27. The summed E-state index contributed by atoms with van der Waals surface area (Å²) < 4.78 is 5.19. The molecule has 7 heteroatoms. The summed E-state index contributed by atoms with van der Waals surface area (Å²) in [4.78, 5) is 11.9. The quantitative estimate of drug-likeness (QED) is 0.888. The van der Waals surface area contributed by atoms with Gasteiger partial charge in [-0.15, -0.1) is 0 Å². The molecule has 0 saturated carbocycles. The van der Waals surface area contributed by atoms with Crippen LogP contribution in [0.1, 0.15) is 0 Å². The maximum atomic E-state index is 11.9. The van der Waals surface area contributed by atoms with Crippen LogP contribution in [0.4, 0.5) is 10.5 Å². The number of hydrogen-bond donors (Lipinski definition) is 2. The molecule has 4 nitrogen and oxygen atoms in total. The number of anilines is 1. The first-order chi connectivity index (χ1) is 9.69. The molecule has 0 spiro atoms. The number of methoxy groups -OCH3 is 1. The van der Waals surface area contributed by atoms with Gasteiger partial charge in [-0.1, -0.05) is 11.6 Å². The minimum absolute atomic E-state index is 0.234. The van der Waals surface area contributed by atoms with E-state index in [0.29, 0.717) is 28.3 Å². The van der Waals surface area contributed by atoms with Gasteiger partial charge in [0.05, 0.1) is 12.8 Å². The van der Waals surface area contributed by atoms with Crippen LogP contribution in [0.2, 0.25) is 5.02 Å². The number of ether oxygens (including phenoxy) is 1. The number of nitrogens with one attached hydrogen (secondary N) is 2. The Bertz CT molecular complexity index is 468. The molecule has 110 valence electrons. The fourth-order valence-electron chi connectivity index (χ4n) is 1.81. The molecule has 2 N–H and O–H groups in total. The van der Waals surface area contributed by atoms with Gasteiger partial charge in [0.25, 0.3) is 0 Å². The molecule has 0 aliphatic carbocycles. The van der Waals surface area contributed by atoms with Gasteiger partial charge in [-0.2, -0.15) is 23.5 Å². The number of urea groups is 1. The van der Waals surface area contributed by atoms with Crippen molar-refractivity contribution >= 4 is 46.8 Å². The summed E-state index contributed by atoms with van der Waals surface area (Å²) >= 11 is 9.77. The van der Waals surface area contributed by atoms with Gasteiger partial charge in [-0.25, -0.2) is 4.79 Å². The lowest BCUT2D eigenvalue weighted by Gasteiger charge is -2.21. The van der Waals surface area contributed by atoms with Crippen LogP contribution in [0.3, 0.4) is 0 Å². The standard InChI is InChI=1S/C13H17ClN2O2S2/c1-18-12-3-2-9(14)6-11(12)16-13(17)15-7-10-8-19-4-5-20-10/h2-3,6,10H,4-5,7-8H2,1H3,(H2,15,16,17)/t10-/m0/s1. The van der Waals surface area contributed by atoms with Gasteiger partial charge < -0.3 is 15.4 Å². The number of thioether (sulfide) groups is 2. The minimum atomic E-state index is -0.234. The van der Waals surface area contributed by atoms with Crippen LogP contribution in [0.25, 0.3) is 0 Å². The molecule has 1 aliphatic heterocycles. The highest BCUT2D eigenvalue weighted by Gasteiger charge is 2.15. The Morgan fingerprint density at radius 1 is 1.50 bits per heavy atom. The number of amides is 2. The van der Waals surface area contributed by atoms with E-state index in [1.807, 2.05) is 23.5 Å².